The highest BCUT2D eigenvalue weighted by Crippen LogP contribution is 2.52. The third-order valence-corrected chi connectivity index (χ3v) is 8.14. The molecule has 2 atom stereocenters. The van der Waals surface area contributed by atoms with Gasteiger partial charge >= 0.3 is 0 Å². The molecule has 3 aromatic rings. The molecule has 214 valence electrons. The van der Waals surface area contributed by atoms with Crippen molar-refractivity contribution < 1.29 is 33.2 Å². The molecule has 3 aliphatic heterocycles. The van der Waals surface area contributed by atoms with Crippen molar-refractivity contribution in [2.45, 2.75) is 38.9 Å². The number of hydrogen-bond donors (Lipinski definition) is 1. The lowest BCUT2D eigenvalue weighted by Crippen LogP contribution is -2.57. The SMILES string of the molecule is COc1c(C=C2[C@@H]3N[C@@H](Cc4c(OC)c(C)c(OC)c(OC)c43)C(=O)N2Cc2ccccc2)cc2c(c1C)OCO2. The molecule has 1 amide bonds. The van der Waals surface area contributed by atoms with E-state index >= 15 is 0 Å². The highest BCUT2D eigenvalue weighted by molar-refractivity contribution is 5.89. The molecule has 3 heterocycles. The van der Waals surface area contributed by atoms with Crippen LogP contribution < -0.4 is 33.7 Å². The molecule has 0 saturated carbocycles. The summed E-state index contributed by atoms with van der Waals surface area (Å²) in [5.74, 6) is 3.85. The fourth-order valence-electron chi connectivity index (χ4n) is 6.37. The van der Waals surface area contributed by atoms with Crippen LogP contribution in [0.25, 0.3) is 6.08 Å². The molecule has 1 fully saturated rings. The second-order valence-corrected chi connectivity index (χ2v) is 10.3. The summed E-state index contributed by atoms with van der Waals surface area (Å²) in [5, 5.41) is 3.60. The van der Waals surface area contributed by atoms with Gasteiger partial charge in [0.1, 0.15) is 11.5 Å². The van der Waals surface area contributed by atoms with E-state index in [9.17, 15) is 4.79 Å². The van der Waals surface area contributed by atoms with Gasteiger partial charge in [0.15, 0.2) is 23.0 Å². The first-order valence-corrected chi connectivity index (χ1v) is 13.5. The van der Waals surface area contributed by atoms with Crippen molar-refractivity contribution in [1.29, 1.82) is 0 Å². The van der Waals surface area contributed by atoms with Gasteiger partial charge in [-0.1, -0.05) is 30.3 Å². The first kappa shape index (κ1) is 26.8. The Morgan fingerprint density at radius 3 is 2.32 bits per heavy atom. The minimum atomic E-state index is -0.444. The first-order chi connectivity index (χ1) is 19.9. The number of hydrogen-bond acceptors (Lipinski definition) is 8. The van der Waals surface area contributed by atoms with Crippen LogP contribution in [0, 0.1) is 13.8 Å². The van der Waals surface area contributed by atoms with Gasteiger partial charge in [-0.3, -0.25) is 10.1 Å². The average molecular weight is 559 g/mol. The van der Waals surface area contributed by atoms with E-state index in [0.717, 1.165) is 39.1 Å². The summed E-state index contributed by atoms with van der Waals surface area (Å²) in [6.07, 6.45) is 2.45. The average Bonchev–Trinajstić information content (AvgIpc) is 3.46. The van der Waals surface area contributed by atoms with E-state index in [2.05, 4.69) is 5.32 Å². The molecule has 2 bridgehead atoms. The van der Waals surface area contributed by atoms with Gasteiger partial charge in [-0.05, 0) is 31.6 Å². The van der Waals surface area contributed by atoms with Crippen molar-refractivity contribution in [3.8, 4) is 34.5 Å². The molecule has 3 aromatic carbocycles. The van der Waals surface area contributed by atoms with E-state index in [-0.39, 0.29) is 12.7 Å². The Bertz CT molecular complexity index is 1550. The normalized spacial score (nSPS) is 19.7. The second-order valence-electron chi connectivity index (χ2n) is 10.3. The lowest BCUT2D eigenvalue weighted by molar-refractivity contribution is -0.135. The van der Waals surface area contributed by atoms with E-state index < -0.39 is 12.1 Å². The quantitative estimate of drug-likeness (QED) is 0.447. The van der Waals surface area contributed by atoms with Crippen LogP contribution in [-0.4, -0.2) is 52.1 Å². The second kappa shape index (κ2) is 10.6. The molecule has 9 heteroatoms. The van der Waals surface area contributed by atoms with Crippen LogP contribution in [0.3, 0.4) is 0 Å². The number of ether oxygens (including phenoxy) is 6. The number of amides is 1. The molecular weight excluding hydrogens is 524 g/mol. The van der Waals surface area contributed by atoms with Crippen LogP contribution in [0.1, 0.15) is 39.4 Å². The van der Waals surface area contributed by atoms with Crippen LogP contribution in [0.5, 0.6) is 34.5 Å². The molecule has 0 unspecified atom stereocenters. The lowest BCUT2D eigenvalue weighted by Gasteiger charge is -2.45. The Morgan fingerprint density at radius 1 is 0.927 bits per heavy atom. The van der Waals surface area contributed by atoms with Crippen LogP contribution >= 0.6 is 0 Å². The van der Waals surface area contributed by atoms with Gasteiger partial charge < -0.3 is 33.3 Å². The summed E-state index contributed by atoms with van der Waals surface area (Å²) in [5.41, 5.74) is 6.02. The van der Waals surface area contributed by atoms with Crippen LogP contribution in [0.15, 0.2) is 42.1 Å². The van der Waals surface area contributed by atoms with E-state index in [1.54, 1.807) is 28.4 Å². The van der Waals surface area contributed by atoms with Crippen LogP contribution in [0.2, 0.25) is 0 Å². The van der Waals surface area contributed by atoms with E-state index in [0.29, 0.717) is 47.5 Å². The topological polar surface area (TPSA) is 87.7 Å². The summed E-state index contributed by atoms with van der Waals surface area (Å²) < 4.78 is 35.0. The van der Waals surface area contributed by atoms with Crippen LogP contribution in [-0.2, 0) is 17.8 Å². The maximum absolute atomic E-state index is 14.2. The highest BCUT2D eigenvalue weighted by Gasteiger charge is 2.46. The maximum Gasteiger partial charge on any atom is 0.244 e. The zero-order valence-electron chi connectivity index (χ0n) is 24.1. The van der Waals surface area contributed by atoms with Crippen molar-refractivity contribution in [1.82, 2.24) is 10.2 Å². The van der Waals surface area contributed by atoms with E-state index in [1.807, 2.05) is 61.2 Å². The van der Waals surface area contributed by atoms with Crippen molar-refractivity contribution in [3.63, 3.8) is 0 Å². The molecule has 9 nitrogen and oxygen atoms in total. The largest absolute Gasteiger partial charge is 0.496 e. The third-order valence-electron chi connectivity index (χ3n) is 8.14. The third kappa shape index (κ3) is 4.23. The Hall–Kier alpha value is -4.37. The molecule has 1 N–H and O–H groups in total. The first-order valence-electron chi connectivity index (χ1n) is 13.5. The van der Waals surface area contributed by atoms with E-state index in [4.69, 9.17) is 28.4 Å². The van der Waals surface area contributed by atoms with Crippen LogP contribution in [0.4, 0.5) is 0 Å². The molecule has 0 aliphatic carbocycles. The number of carbonyl (C=O) groups is 1. The number of rotatable bonds is 7. The number of nitrogens with zero attached hydrogens (tertiary/aromatic N) is 1. The zero-order chi connectivity index (χ0) is 28.8. The number of benzene rings is 3. The van der Waals surface area contributed by atoms with Crippen molar-refractivity contribution in [2.75, 3.05) is 35.2 Å². The number of methoxy groups -OCH3 is 4. The predicted octanol–water partition coefficient (Wildman–Crippen LogP) is 4.71. The summed E-state index contributed by atoms with van der Waals surface area (Å²) >= 11 is 0. The Balaban J connectivity index is 1.61. The molecule has 41 heavy (non-hydrogen) atoms. The Morgan fingerprint density at radius 2 is 1.63 bits per heavy atom. The van der Waals surface area contributed by atoms with Gasteiger partial charge in [0, 0.05) is 39.9 Å². The molecule has 0 aromatic heterocycles. The Kier molecular flexibility index (Phi) is 6.91. The van der Waals surface area contributed by atoms with Gasteiger partial charge in [-0.25, -0.2) is 0 Å². The minimum Gasteiger partial charge on any atom is -0.496 e. The number of carbonyl (C=O) groups excluding carboxylic acids is 1. The molecule has 0 radical (unpaired) electrons. The molecular formula is C32H34N2O7. The minimum absolute atomic E-state index is 0.0204. The van der Waals surface area contributed by atoms with Gasteiger partial charge in [0.05, 0.1) is 47.1 Å². The van der Waals surface area contributed by atoms with E-state index in [1.165, 1.54) is 0 Å². The fourth-order valence-corrected chi connectivity index (χ4v) is 6.37. The number of nitrogens with one attached hydrogen (secondary N) is 1. The monoisotopic (exact) mass is 558 g/mol. The molecule has 1 saturated heterocycles. The van der Waals surface area contributed by atoms with Gasteiger partial charge in [-0.2, -0.15) is 0 Å². The molecule has 0 spiro atoms. The van der Waals surface area contributed by atoms with Gasteiger partial charge in [0.25, 0.3) is 0 Å². The number of piperazine rings is 1. The predicted molar refractivity (Wildman–Crippen MR) is 153 cm³/mol. The number of fused-ring (bicyclic) bond motifs is 5. The van der Waals surface area contributed by atoms with Gasteiger partial charge in [0.2, 0.25) is 12.7 Å². The molecule has 3 aliphatic rings. The summed E-state index contributed by atoms with van der Waals surface area (Å²) in [4.78, 5) is 16.0. The summed E-state index contributed by atoms with van der Waals surface area (Å²) in [6, 6.07) is 11.0. The van der Waals surface area contributed by atoms with Crippen molar-refractivity contribution in [3.05, 3.63) is 75.5 Å². The van der Waals surface area contributed by atoms with Crippen molar-refractivity contribution in [2.24, 2.45) is 0 Å². The summed E-state index contributed by atoms with van der Waals surface area (Å²) in [7, 11) is 6.54. The smallest absolute Gasteiger partial charge is 0.244 e. The standard InChI is InChI=1S/C32H34N2O7/c1-17-27(36-3)20(13-24-29(17)41-16-40-24)12-23-26-25-21(28(37-4)18(2)30(38-5)31(25)39-6)14-22(33-26)32(35)34(23)15-19-10-8-7-9-11-19/h7-13,22,26,33H,14-16H2,1-6H3/t22-,26-/m0/s1. The highest BCUT2D eigenvalue weighted by atomic mass is 16.7. The summed E-state index contributed by atoms with van der Waals surface area (Å²) in [6.45, 7) is 4.43. The Labute approximate surface area is 239 Å². The molecule has 6 rings (SSSR count). The maximum atomic E-state index is 14.2. The lowest BCUT2D eigenvalue weighted by atomic mass is 9.81. The van der Waals surface area contributed by atoms with Gasteiger partial charge in [-0.15, -0.1) is 0 Å². The zero-order valence-corrected chi connectivity index (χ0v) is 24.1. The van der Waals surface area contributed by atoms with Crippen molar-refractivity contribution >= 4 is 12.0 Å². The fraction of sp³-hybridized carbons (Fsp3) is 0.344.